The van der Waals surface area contributed by atoms with Crippen molar-refractivity contribution in [1.29, 1.82) is 0 Å². The van der Waals surface area contributed by atoms with Crippen molar-refractivity contribution in [2.75, 3.05) is 32.8 Å². The lowest BCUT2D eigenvalue weighted by atomic mass is 10.0. The Morgan fingerprint density at radius 3 is 2.61 bits per heavy atom. The van der Waals surface area contributed by atoms with E-state index in [-0.39, 0.29) is 40.8 Å². The highest BCUT2D eigenvalue weighted by Gasteiger charge is 2.24. The number of thioether (sulfide) groups is 1. The van der Waals surface area contributed by atoms with Crippen LogP contribution >= 0.6 is 11.8 Å². The van der Waals surface area contributed by atoms with Gasteiger partial charge in [-0.15, -0.1) is 0 Å². The Morgan fingerprint density at radius 2 is 1.93 bits per heavy atom. The number of rotatable bonds is 7. The Hall–Kier alpha value is -2.10. The van der Waals surface area contributed by atoms with Crippen molar-refractivity contribution in [2.45, 2.75) is 16.8 Å². The Labute approximate surface area is 165 Å². The molecular weight excluding hydrogens is 391 g/mol. The first-order valence-electron chi connectivity index (χ1n) is 8.80. The molecule has 1 saturated heterocycles. The first-order valence-corrected chi connectivity index (χ1v) is 9.68. The smallest absolute Gasteiger partial charge is 0.290 e. The second kappa shape index (κ2) is 9.90. The van der Waals surface area contributed by atoms with Crippen molar-refractivity contribution in [3.63, 3.8) is 0 Å². The monoisotopic (exact) mass is 411 g/mol. The molecule has 1 aromatic carbocycles. The fourth-order valence-electron chi connectivity index (χ4n) is 3.06. The van der Waals surface area contributed by atoms with Gasteiger partial charge in [0.25, 0.3) is 11.7 Å². The van der Waals surface area contributed by atoms with E-state index in [0.29, 0.717) is 26.3 Å². The van der Waals surface area contributed by atoms with Crippen LogP contribution in [0, 0.1) is 5.82 Å². The molecule has 0 saturated carbocycles. The number of alkyl halides is 2. The highest BCUT2D eigenvalue weighted by molar-refractivity contribution is 7.99. The highest BCUT2D eigenvalue weighted by atomic mass is 32.2. The predicted octanol–water partition coefficient (Wildman–Crippen LogP) is 3.34. The zero-order valence-electron chi connectivity index (χ0n) is 15.0. The van der Waals surface area contributed by atoms with Crippen LogP contribution in [0.15, 0.2) is 47.6 Å². The number of halogens is 3. The maximum atomic E-state index is 13.3. The van der Waals surface area contributed by atoms with E-state index < -0.39 is 11.7 Å². The summed E-state index contributed by atoms with van der Waals surface area (Å²) in [6.07, 6.45) is 1.37. The number of aromatic nitrogens is 1. The van der Waals surface area contributed by atoms with Crippen molar-refractivity contribution < 1.29 is 22.7 Å². The molecule has 1 N–H and O–H groups in total. The summed E-state index contributed by atoms with van der Waals surface area (Å²) in [6, 6.07) is 8.94. The van der Waals surface area contributed by atoms with Gasteiger partial charge in [-0.1, -0.05) is 12.1 Å². The molecule has 3 rings (SSSR count). The third-order valence-electron chi connectivity index (χ3n) is 4.41. The van der Waals surface area contributed by atoms with E-state index >= 15 is 0 Å². The molecular formula is C19H20F3N3O2S. The van der Waals surface area contributed by atoms with Gasteiger partial charge in [0.15, 0.2) is 0 Å². The summed E-state index contributed by atoms with van der Waals surface area (Å²) in [7, 11) is 0. The van der Waals surface area contributed by atoms with Crippen molar-refractivity contribution in [3.05, 3.63) is 59.5 Å². The average molecular weight is 411 g/mol. The third kappa shape index (κ3) is 5.46. The number of benzene rings is 1. The van der Waals surface area contributed by atoms with Crippen LogP contribution in [0.1, 0.15) is 22.0 Å². The molecule has 1 fully saturated rings. The fraction of sp³-hybridized carbons (Fsp3) is 0.368. The second-order valence-corrected chi connectivity index (χ2v) is 7.14. The second-order valence-electron chi connectivity index (χ2n) is 6.16. The molecule has 2 aromatic rings. The first-order chi connectivity index (χ1) is 13.5. The van der Waals surface area contributed by atoms with Crippen LogP contribution in [0.2, 0.25) is 0 Å². The van der Waals surface area contributed by atoms with Gasteiger partial charge >= 0.3 is 0 Å². The van der Waals surface area contributed by atoms with Crippen molar-refractivity contribution in [2.24, 2.45) is 0 Å². The largest absolute Gasteiger partial charge is 0.379 e. The fourth-order valence-corrected chi connectivity index (χ4v) is 3.64. The molecule has 9 heteroatoms. The maximum Gasteiger partial charge on any atom is 0.290 e. The molecule has 1 aromatic heterocycles. The Kier molecular flexibility index (Phi) is 7.30. The minimum absolute atomic E-state index is 0.0142. The molecule has 1 atom stereocenters. The van der Waals surface area contributed by atoms with Crippen LogP contribution < -0.4 is 5.32 Å². The van der Waals surface area contributed by atoms with Gasteiger partial charge in [0.05, 0.1) is 24.8 Å². The summed E-state index contributed by atoms with van der Waals surface area (Å²) in [6.45, 7) is 2.75. The number of amides is 1. The molecule has 1 aliphatic heterocycles. The van der Waals surface area contributed by atoms with Crippen LogP contribution in [-0.4, -0.2) is 54.4 Å². The zero-order valence-corrected chi connectivity index (χ0v) is 15.8. The standard InChI is InChI=1S/C19H20F3N3O2S/c20-14-5-3-13(4-6-14)16(25-8-10-27-11-9-25)12-24-17(26)15-2-1-7-23-18(15)28-19(21)22/h1-7,16,19H,8-12H2,(H,24,26). The lowest BCUT2D eigenvalue weighted by molar-refractivity contribution is 0.0162. The van der Waals surface area contributed by atoms with Crippen molar-refractivity contribution in [1.82, 2.24) is 15.2 Å². The average Bonchev–Trinajstić information content (AvgIpc) is 2.70. The number of carbonyl (C=O) groups is 1. The number of hydrogen-bond acceptors (Lipinski definition) is 5. The Bertz CT molecular complexity index is 786. The van der Waals surface area contributed by atoms with Crippen molar-refractivity contribution in [3.8, 4) is 0 Å². The molecule has 0 bridgehead atoms. The van der Waals surface area contributed by atoms with Gasteiger partial charge in [-0.2, -0.15) is 8.78 Å². The van der Waals surface area contributed by atoms with Gasteiger partial charge in [0.2, 0.25) is 0 Å². The Balaban J connectivity index is 1.74. The summed E-state index contributed by atoms with van der Waals surface area (Å²) in [4.78, 5) is 18.6. The quantitative estimate of drug-likeness (QED) is 0.709. The number of nitrogens with zero attached hydrogens (tertiary/aromatic N) is 2. The number of nitrogens with one attached hydrogen (secondary N) is 1. The molecule has 1 aliphatic rings. The summed E-state index contributed by atoms with van der Waals surface area (Å²) >= 11 is 0.240. The summed E-state index contributed by atoms with van der Waals surface area (Å²) in [5.74, 6) is -3.48. The molecule has 150 valence electrons. The van der Waals surface area contributed by atoms with Crippen molar-refractivity contribution >= 4 is 17.7 Å². The lowest BCUT2D eigenvalue weighted by Gasteiger charge is -2.35. The molecule has 1 unspecified atom stereocenters. The van der Waals surface area contributed by atoms with E-state index in [0.717, 1.165) is 5.56 Å². The molecule has 0 aliphatic carbocycles. The molecule has 0 spiro atoms. The highest BCUT2D eigenvalue weighted by Crippen LogP contribution is 2.27. The van der Waals surface area contributed by atoms with Crippen LogP contribution in [0.5, 0.6) is 0 Å². The SMILES string of the molecule is O=C(NCC(c1ccc(F)cc1)N1CCOCC1)c1cccnc1SC(F)F. The normalized spacial score (nSPS) is 16.1. The zero-order chi connectivity index (χ0) is 19.9. The minimum atomic E-state index is -2.67. The molecule has 1 amide bonds. The van der Waals surface area contributed by atoms with Gasteiger partial charge in [-0.3, -0.25) is 9.69 Å². The van der Waals surface area contributed by atoms with Gasteiger partial charge in [0, 0.05) is 25.8 Å². The lowest BCUT2D eigenvalue weighted by Crippen LogP contribution is -2.43. The number of hydrogen-bond donors (Lipinski definition) is 1. The van der Waals surface area contributed by atoms with E-state index in [1.807, 2.05) is 0 Å². The summed E-state index contributed by atoms with van der Waals surface area (Å²) in [5.41, 5.74) is 0.963. The van der Waals surface area contributed by atoms with Crippen LogP contribution in [0.3, 0.4) is 0 Å². The minimum Gasteiger partial charge on any atom is -0.379 e. The number of ether oxygens (including phenoxy) is 1. The van der Waals surface area contributed by atoms with Crippen LogP contribution in [0.25, 0.3) is 0 Å². The predicted molar refractivity (Wildman–Crippen MR) is 100.0 cm³/mol. The topological polar surface area (TPSA) is 54.5 Å². The first kappa shape index (κ1) is 20.6. The number of pyridine rings is 1. The van der Waals surface area contributed by atoms with E-state index in [1.165, 1.54) is 30.5 Å². The van der Waals surface area contributed by atoms with Gasteiger partial charge in [0.1, 0.15) is 10.8 Å². The summed E-state index contributed by atoms with van der Waals surface area (Å²) in [5, 5.41) is 2.80. The van der Waals surface area contributed by atoms with Crippen LogP contribution in [-0.2, 0) is 4.74 Å². The van der Waals surface area contributed by atoms with Gasteiger partial charge in [-0.05, 0) is 41.6 Å². The van der Waals surface area contributed by atoms with Crippen LogP contribution in [0.4, 0.5) is 13.2 Å². The molecule has 0 radical (unpaired) electrons. The summed E-state index contributed by atoms with van der Waals surface area (Å²) < 4.78 is 44.1. The third-order valence-corrected chi connectivity index (χ3v) is 5.14. The van der Waals surface area contributed by atoms with E-state index in [9.17, 15) is 18.0 Å². The molecule has 5 nitrogen and oxygen atoms in total. The van der Waals surface area contributed by atoms with E-state index in [2.05, 4.69) is 15.2 Å². The maximum absolute atomic E-state index is 13.3. The van der Waals surface area contributed by atoms with E-state index in [4.69, 9.17) is 4.74 Å². The molecule has 28 heavy (non-hydrogen) atoms. The van der Waals surface area contributed by atoms with Gasteiger partial charge < -0.3 is 10.1 Å². The van der Waals surface area contributed by atoms with E-state index in [1.54, 1.807) is 12.1 Å². The molecule has 2 heterocycles. The number of carbonyl (C=O) groups excluding carboxylic acids is 1. The van der Waals surface area contributed by atoms with Gasteiger partial charge in [-0.25, -0.2) is 9.37 Å². The Morgan fingerprint density at radius 1 is 1.21 bits per heavy atom. The number of morpholine rings is 1.